The van der Waals surface area contributed by atoms with Gasteiger partial charge in [0.15, 0.2) is 5.84 Å². The molecule has 1 aliphatic rings. The van der Waals surface area contributed by atoms with Crippen molar-refractivity contribution < 1.29 is 13.9 Å². The first-order chi connectivity index (χ1) is 12.5. The third-order valence-electron chi connectivity index (χ3n) is 3.62. The van der Waals surface area contributed by atoms with Crippen molar-refractivity contribution in [3.05, 3.63) is 58.0 Å². The molecule has 1 unspecified atom stereocenters. The van der Waals surface area contributed by atoms with Crippen LogP contribution in [0.4, 0.5) is 4.39 Å². The number of hydrogen-bond donors (Lipinski definition) is 1. The Morgan fingerprint density at radius 1 is 1.46 bits per heavy atom. The lowest BCUT2D eigenvalue weighted by Gasteiger charge is -2.20. The minimum absolute atomic E-state index is 0.0180. The number of aromatic nitrogens is 3. The molecule has 0 aliphatic carbocycles. The Labute approximate surface area is 158 Å². The van der Waals surface area contributed by atoms with Gasteiger partial charge in [-0.05, 0) is 37.6 Å². The van der Waals surface area contributed by atoms with Gasteiger partial charge in [-0.3, -0.25) is 9.79 Å². The molecule has 0 saturated carbocycles. The minimum Gasteiger partial charge on any atom is -0.465 e. The number of ether oxygens (including phenoxy) is 1. The first-order valence-corrected chi connectivity index (χ1v) is 8.79. The lowest BCUT2D eigenvalue weighted by molar-refractivity contribution is -0.144. The van der Waals surface area contributed by atoms with Crippen molar-refractivity contribution in [2.45, 2.75) is 26.4 Å². The molecule has 0 amide bonds. The molecule has 9 heteroatoms. The van der Waals surface area contributed by atoms with Crippen LogP contribution >= 0.6 is 15.9 Å². The van der Waals surface area contributed by atoms with Crippen molar-refractivity contribution in [2.75, 3.05) is 6.61 Å². The summed E-state index contributed by atoms with van der Waals surface area (Å²) in [6.45, 7) is 3.94. The van der Waals surface area contributed by atoms with Gasteiger partial charge in [-0.15, -0.1) is 5.10 Å². The number of nitrogens with zero attached hydrogens (tertiary/aromatic N) is 4. The molecule has 1 aromatic carbocycles. The van der Waals surface area contributed by atoms with Gasteiger partial charge < -0.3 is 10.1 Å². The second kappa shape index (κ2) is 7.77. The third-order valence-corrected chi connectivity index (χ3v) is 4.30. The van der Waals surface area contributed by atoms with Gasteiger partial charge in [-0.1, -0.05) is 22.0 Å². The number of aliphatic imine (C=N–C) groups is 1. The predicted molar refractivity (Wildman–Crippen MR) is 96.9 cm³/mol. The van der Waals surface area contributed by atoms with Crippen LogP contribution in [-0.4, -0.2) is 33.2 Å². The molecule has 1 aliphatic heterocycles. The summed E-state index contributed by atoms with van der Waals surface area (Å²) >= 11 is 3.38. The van der Waals surface area contributed by atoms with Gasteiger partial charge in [0.2, 0.25) is 5.82 Å². The van der Waals surface area contributed by atoms with E-state index in [1.807, 2.05) is 13.0 Å². The van der Waals surface area contributed by atoms with Gasteiger partial charge in [0.1, 0.15) is 18.7 Å². The van der Waals surface area contributed by atoms with E-state index in [9.17, 15) is 9.18 Å². The Balaban J connectivity index is 1.85. The van der Waals surface area contributed by atoms with Crippen molar-refractivity contribution in [2.24, 2.45) is 4.99 Å². The summed E-state index contributed by atoms with van der Waals surface area (Å²) in [4.78, 5) is 20.4. The Kier molecular flexibility index (Phi) is 5.46. The van der Waals surface area contributed by atoms with Crippen molar-refractivity contribution in [3.8, 4) is 0 Å². The van der Waals surface area contributed by atoms with E-state index in [-0.39, 0.29) is 24.4 Å². The number of rotatable bonds is 5. The number of amidine groups is 1. The summed E-state index contributed by atoms with van der Waals surface area (Å²) in [6.07, 6.45) is 3.38. The molecule has 7 nitrogen and oxygen atoms in total. The van der Waals surface area contributed by atoms with Gasteiger partial charge in [-0.2, -0.15) is 0 Å². The van der Waals surface area contributed by atoms with Crippen LogP contribution < -0.4 is 5.32 Å². The van der Waals surface area contributed by atoms with Gasteiger partial charge >= 0.3 is 5.97 Å². The Morgan fingerprint density at radius 2 is 2.27 bits per heavy atom. The Hall–Kier alpha value is -2.55. The van der Waals surface area contributed by atoms with E-state index in [1.165, 1.54) is 23.1 Å². The zero-order valence-corrected chi connectivity index (χ0v) is 15.8. The average molecular weight is 422 g/mol. The van der Waals surface area contributed by atoms with Crippen LogP contribution in [0.15, 0.2) is 45.8 Å². The number of allylic oxidation sites excluding steroid dienone is 1. The molecular weight excluding hydrogens is 405 g/mol. The Morgan fingerprint density at radius 3 is 3.00 bits per heavy atom. The van der Waals surface area contributed by atoms with E-state index in [2.05, 4.69) is 36.3 Å². The first-order valence-electron chi connectivity index (χ1n) is 8.00. The van der Waals surface area contributed by atoms with E-state index in [4.69, 9.17) is 4.74 Å². The molecule has 136 valence electrons. The largest absolute Gasteiger partial charge is 0.465 e. The van der Waals surface area contributed by atoms with E-state index < -0.39 is 0 Å². The maximum atomic E-state index is 13.3. The maximum absolute atomic E-state index is 13.3. The summed E-state index contributed by atoms with van der Waals surface area (Å²) in [7, 11) is 0. The molecule has 1 aromatic heterocycles. The van der Waals surface area contributed by atoms with Crippen molar-refractivity contribution >= 4 is 27.7 Å². The monoisotopic (exact) mass is 421 g/mol. The molecule has 0 radical (unpaired) electrons. The van der Waals surface area contributed by atoms with Gasteiger partial charge in [0, 0.05) is 10.2 Å². The fourth-order valence-electron chi connectivity index (χ4n) is 2.51. The summed E-state index contributed by atoms with van der Waals surface area (Å²) in [5.74, 6) is 0.143. The van der Waals surface area contributed by atoms with Crippen LogP contribution in [0.2, 0.25) is 0 Å². The lowest BCUT2D eigenvalue weighted by atomic mass is 10.0. The van der Waals surface area contributed by atoms with Crippen molar-refractivity contribution in [1.29, 1.82) is 0 Å². The molecule has 1 N–H and O–H groups in total. The highest BCUT2D eigenvalue weighted by molar-refractivity contribution is 9.10. The maximum Gasteiger partial charge on any atom is 0.327 e. The molecule has 0 bridgehead atoms. The number of hydrogen-bond acceptors (Lipinski definition) is 6. The van der Waals surface area contributed by atoms with Crippen LogP contribution in [0.5, 0.6) is 0 Å². The van der Waals surface area contributed by atoms with Crippen LogP contribution in [-0.2, 0) is 16.1 Å². The van der Waals surface area contributed by atoms with E-state index >= 15 is 0 Å². The molecule has 3 rings (SSSR count). The smallest absolute Gasteiger partial charge is 0.327 e. The molecule has 0 saturated heterocycles. The van der Waals surface area contributed by atoms with Crippen LogP contribution in [0.3, 0.4) is 0 Å². The highest BCUT2D eigenvalue weighted by Gasteiger charge is 2.21. The quantitative estimate of drug-likeness (QED) is 0.750. The SMILES string of the molecule is CCOC(=O)Cn1cnc(C2=NC(c3ccc(F)cc3Br)C=C(C)N2)n1. The summed E-state index contributed by atoms with van der Waals surface area (Å²) < 4.78 is 20.3. The molecule has 2 aromatic rings. The topological polar surface area (TPSA) is 81.4 Å². The zero-order valence-electron chi connectivity index (χ0n) is 14.2. The van der Waals surface area contributed by atoms with Crippen LogP contribution in [0, 0.1) is 5.82 Å². The summed E-state index contributed by atoms with van der Waals surface area (Å²) in [5.41, 5.74) is 1.70. The van der Waals surface area contributed by atoms with Crippen LogP contribution in [0.25, 0.3) is 0 Å². The van der Waals surface area contributed by atoms with Crippen molar-refractivity contribution in [1.82, 2.24) is 20.1 Å². The molecule has 1 atom stereocenters. The van der Waals surface area contributed by atoms with Gasteiger partial charge in [0.25, 0.3) is 0 Å². The molecular formula is C17H17BrFN5O2. The number of carbonyl (C=O) groups is 1. The summed E-state index contributed by atoms with van der Waals surface area (Å²) in [5, 5.41) is 7.39. The standard InChI is InChI=1S/C17H17BrFN5O2/c1-3-26-15(25)8-24-9-20-16(23-24)17-21-10(2)6-14(22-17)12-5-4-11(19)7-13(12)18/h4-7,9,14H,3,8H2,1-2H3,(H,21,22). The number of benzene rings is 1. The second-order valence-corrected chi connectivity index (χ2v) is 6.49. The average Bonchev–Trinajstić information content (AvgIpc) is 3.03. The second-order valence-electron chi connectivity index (χ2n) is 5.63. The number of nitrogens with one attached hydrogen (secondary N) is 1. The highest BCUT2D eigenvalue weighted by atomic mass is 79.9. The predicted octanol–water partition coefficient (Wildman–Crippen LogP) is 2.74. The molecule has 0 fully saturated rings. The van der Waals surface area contributed by atoms with E-state index in [1.54, 1.807) is 13.0 Å². The lowest BCUT2D eigenvalue weighted by Crippen LogP contribution is -2.28. The van der Waals surface area contributed by atoms with E-state index in [0.29, 0.717) is 22.7 Å². The van der Waals surface area contributed by atoms with Gasteiger partial charge in [-0.25, -0.2) is 14.1 Å². The third kappa shape index (κ3) is 4.16. The summed E-state index contributed by atoms with van der Waals surface area (Å²) in [6, 6.07) is 4.18. The normalized spacial score (nSPS) is 16.5. The highest BCUT2D eigenvalue weighted by Crippen LogP contribution is 2.30. The van der Waals surface area contributed by atoms with Crippen LogP contribution in [0.1, 0.15) is 31.3 Å². The number of carbonyl (C=O) groups excluding carboxylic acids is 1. The molecule has 26 heavy (non-hydrogen) atoms. The fourth-order valence-corrected chi connectivity index (χ4v) is 3.09. The first kappa shape index (κ1) is 18.2. The number of esters is 1. The fraction of sp³-hybridized carbons (Fsp3) is 0.294. The minimum atomic E-state index is -0.383. The Bertz CT molecular complexity index is 893. The molecule has 0 spiro atoms. The number of halogens is 2. The zero-order chi connectivity index (χ0) is 18.7. The van der Waals surface area contributed by atoms with Gasteiger partial charge in [0.05, 0.1) is 12.6 Å². The van der Waals surface area contributed by atoms with Crippen molar-refractivity contribution in [3.63, 3.8) is 0 Å². The molecule has 2 heterocycles. The van der Waals surface area contributed by atoms with E-state index in [0.717, 1.165) is 11.3 Å².